The Labute approximate surface area is 142 Å². The third kappa shape index (κ3) is 3.13. The van der Waals surface area contributed by atoms with Crippen molar-refractivity contribution in [3.05, 3.63) is 52.8 Å². The van der Waals surface area contributed by atoms with Gasteiger partial charge in [0.2, 0.25) is 0 Å². The lowest BCUT2D eigenvalue weighted by Crippen LogP contribution is -2.10. The number of aromatic nitrogens is 2. The number of hydrogen-bond donors (Lipinski definition) is 1. The first-order valence-electron chi connectivity index (χ1n) is 7.42. The van der Waals surface area contributed by atoms with Gasteiger partial charge in [-0.1, -0.05) is 38.4 Å². The largest absolute Gasteiger partial charge is 0.418 e. The molecule has 0 saturated heterocycles. The SMILES string of the molecule is CC(C)(C)c1ccc2[nH]c(-c3cc(Cl)ncc3C(F)(F)F)cc2c1. The number of nitrogens with one attached hydrogen (secondary N) is 1. The van der Waals surface area contributed by atoms with Crippen molar-refractivity contribution < 1.29 is 13.2 Å². The number of rotatable bonds is 1. The van der Waals surface area contributed by atoms with Crippen molar-refractivity contribution in [1.29, 1.82) is 0 Å². The average Bonchev–Trinajstić information content (AvgIpc) is 2.87. The van der Waals surface area contributed by atoms with Crippen molar-refractivity contribution in [2.45, 2.75) is 32.4 Å². The maximum Gasteiger partial charge on any atom is 0.418 e. The molecule has 0 bridgehead atoms. The van der Waals surface area contributed by atoms with Crippen LogP contribution in [0.25, 0.3) is 22.2 Å². The summed E-state index contributed by atoms with van der Waals surface area (Å²) in [5.41, 5.74) is 1.41. The first-order chi connectivity index (χ1) is 11.1. The van der Waals surface area contributed by atoms with E-state index in [9.17, 15) is 13.2 Å². The molecule has 24 heavy (non-hydrogen) atoms. The zero-order chi connectivity index (χ0) is 17.7. The molecule has 0 fully saturated rings. The van der Waals surface area contributed by atoms with Crippen LogP contribution in [0.4, 0.5) is 13.2 Å². The molecule has 0 unspecified atom stereocenters. The summed E-state index contributed by atoms with van der Waals surface area (Å²) < 4.78 is 39.7. The van der Waals surface area contributed by atoms with Crippen LogP contribution in [-0.4, -0.2) is 9.97 Å². The highest BCUT2D eigenvalue weighted by atomic mass is 35.5. The van der Waals surface area contributed by atoms with Crippen LogP contribution >= 0.6 is 11.6 Å². The molecule has 0 saturated carbocycles. The van der Waals surface area contributed by atoms with Crippen molar-refractivity contribution in [3.63, 3.8) is 0 Å². The van der Waals surface area contributed by atoms with E-state index in [4.69, 9.17) is 11.6 Å². The van der Waals surface area contributed by atoms with Gasteiger partial charge in [0.1, 0.15) is 5.15 Å². The van der Waals surface area contributed by atoms with E-state index in [0.29, 0.717) is 5.69 Å². The van der Waals surface area contributed by atoms with Crippen molar-refractivity contribution in [2.24, 2.45) is 0 Å². The van der Waals surface area contributed by atoms with Gasteiger partial charge in [-0.25, -0.2) is 4.98 Å². The highest BCUT2D eigenvalue weighted by Crippen LogP contribution is 2.38. The zero-order valence-corrected chi connectivity index (χ0v) is 14.2. The van der Waals surface area contributed by atoms with E-state index in [1.165, 1.54) is 6.07 Å². The van der Waals surface area contributed by atoms with Gasteiger partial charge in [-0.2, -0.15) is 13.2 Å². The van der Waals surface area contributed by atoms with Gasteiger partial charge in [-0.15, -0.1) is 0 Å². The molecule has 126 valence electrons. The first-order valence-corrected chi connectivity index (χ1v) is 7.80. The molecule has 0 aliphatic carbocycles. The number of nitrogens with zero attached hydrogens (tertiary/aromatic N) is 1. The van der Waals surface area contributed by atoms with Crippen molar-refractivity contribution in [2.75, 3.05) is 0 Å². The predicted octanol–water partition coefficient (Wildman–Crippen LogP) is 6.20. The Bertz CT molecular complexity index is 905. The Kier molecular flexibility index (Phi) is 3.87. The quantitative estimate of drug-likeness (QED) is 0.519. The first kappa shape index (κ1) is 16.8. The van der Waals surface area contributed by atoms with E-state index in [1.807, 2.05) is 18.2 Å². The number of fused-ring (bicyclic) bond motifs is 1. The van der Waals surface area contributed by atoms with E-state index >= 15 is 0 Å². The Balaban J connectivity index is 2.19. The second-order valence-electron chi connectivity index (χ2n) is 6.79. The van der Waals surface area contributed by atoms with E-state index in [0.717, 1.165) is 22.7 Å². The Morgan fingerprint density at radius 3 is 2.38 bits per heavy atom. The van der Waals surface area contributed by atoms with Crippen LogP contribution in [0.3, 0.4) is 0 Å². The molecule has 1 aromatic carbocycles. The number of halogens is 4. The molecule has 0 spiro atoms. The standard InChI is InChI=1S/C18H16ClF3N2/c1-17(2,3)11-4-5-14-10(6-11)7-15(24-14)12-8-16(19)23-9-13(12)18(20,21)22/h4-9,24H,1-3H3. The highest BCUT2D eigenvalue weighted by Gasteiger charge is 2.34. The number of pyridine rings is 1. The fraction of sp³-hybridized carbons (Fsp3) is 0.278. The summed E-state index contributed by atoms with van der Waals surface area (Å²) in [5, 5.41) is 0.880. The normalized spacial score (nSPS) is 12.8. The van der Waals surface area contributed by atoms with E-state index < -0.39 is 11.7 Å². The molecule has 3 aromatic rings. The second kappa shape index (κ2) is 5.52. The van der Waals surface area contributed by atoms with Crippen molar-refractivity contribution >= 4 is 22.5 Å². The Hall–Kier alpha value is -2.01. The molecule has 0 radical (unpaired) electrons. The maximum atomic E-state index is 13.2. The van der Waals surface area contributed by atoms with Gasteiger partial charge in [0, 0.05) is 28.4 Å². The number of hydrogen-bond acceptors (Lipinski definition) is 1. The summed E-state index contributed by atoms with van der Waals surface area (Å²) in [6, 6.07) is 8.80. The van der Waals surface area contributed by atoms with E-state index in [-0.39, 0.29) is 16.1 Å². The molecule has 2 aromatic heterocycles. The molecule has 0 atom stereocenters. The van der Waals surface area contributed by atoms with E-state index in [1.54, 1.807) is 6.07 Å². The fourth-order valence-corrected chi connectivity index (χ4v) is 2.78. The summed E-state index contributed by atoms with van der Waals surface area (Å²) in [7, 11) is 0. The monoisotopic (exact) mass is 352 g/mol. The van der Waals surface area contributed by atoms with Gasteiger partial charge in [-0.05, 0) is 35.2 Å². The molecule has 0 amide bonds. The van der Waals surface area contributed by atoms with Gasteiger partial charge in [-0.3, -0.25) is 0 Å². The molecular weight excluding hydrogens is 337 g/mol. The third-order valence-electron chi connectivity index (χ3n) is 3.95. The van der Waals surface area contributed by atoms with Crippen molar-refractivity contribution in [1.82, 2.24) is 9.97 Å². The minimum atomic E-state index is -4.50. The van der Waals surface area contributed by atoms with Gasteiger partial charge in [0.05, 0.1) is 5.56 Å². The minimum absolute atomic E-state index is 0.00370. The van der Waals surface area contributed by atoms with Crippen LogP contribution in [-0.2, 0) is 11.6 Å². The Morgan fingerprint density at radius 1 is 1.04 bits per heavy atom. The molecule has 1 N–H and O–H groups in total. The van der Waals surface area contributed by atoms with Gasteiger partial charge in [0.15, 0.2) is 0 Å². The lowest BCUT2D eigenvalue weighted by molar-refractivity contribution is -0.137. The van der Waals surface area contributed by atoms with Crippen LogP contribution in [0.1, 0.15) is 31.9 Å². The van der Waals surface area contributed by atoms with Gasteiger partial charge >= 0.3 is 6.18 Å². The molecule has 2 nitrogen and oxygen atoms in total. The van der Waals surface area contributed by atoms with Gasteiger partial charge in [0.25, 0.3) is 0 Å². The minimum Gasteiger partial charge on any atom is -0.355 e. The molecule has 3 rings (SSSR count). The molecule has 0 aliphatic heterocycles. The van der Waals surface area contributed by atoms with Crippen LogP contribution in [0.15, 0.2) is 36.5 Å². The van der Waals surface area contributed by atoms with Crippen LogP contribution < -0.4 is 0 Å². The lowest BCUT2D eigenvalue weighted by Gasteiger charge is -2.18. The lowest BCUT2D eigenvalue weighted by atomic mass is 9.86. The highest BCUT2D eigenvalue weighted by molar-refractivity contribution is 6.29. The van der Waals surface area contributed by atoms with Crippen molar-refractivity contribution in [3.8, 4) is 11.3 Å². The molecule has 2 heterocycles. The van der Waals surface area contributed by atoms with E-state index in [2.05, 4.69) is 30.7 Å². The van der Waals surface area contributed by atoms with Crippen LogP contribution in [0, 0.1) is 0 Å². The number of benzene rings is 1. The summed E-state index contributed by atoms with van der Waals surface area (Å²) >= 11 is 5.81. The number of alkyl halides is 3. The average molecular weight is 353 g/mol. The second-order valence-corrected chi connectivity index (χ2v) is 7.17. The third-order valence-corrected chi connectivity index (χ3v) is 4.16. The smallest absolute Gasteiger partial charge is 0.355 e. The number of aromatic amines is 1. The molecule has 0 aliphatic rings. The summed E-state index contributed by atoms with van der Waals surface area (Å²) in [6.07, 6.45) is -3.73. The predicted molar refractivity (Wildman–Crippen MR) is 90.2 cm³/mol. The zero-order valence-electron chi connectivity index (χ0n) is 13.4. The molecule has 6 heteroatoms. The maximum absolute atomic E-state index is 13.2. The number of H-pyrrole nitrogens is 1. The van der Waals surface area contributed by atoms with Gasteiger partial charge < -0.3 is 4.98 Å². The van der Waals surface area contributed by atoms with Crippen LogP contribution in [0.5, 0.6) is 0 Å². The van der Waals surface area contributed by atoms with Crippen LogP contribution in [0.2, 0.25) is 5.15 Å². The summed E-state index contributed by atoms with van der Waals surface area (Å²) in [5.74, 6) is 0. The summed E-state index contributed by atoms with van der Waals surface area (Å²) in [4.78, 5) is 6.61. The Morgan fingerprint density at radius 2 is 1.75 bits per heavy atom. The fourth-order valence-electron chi connectivity index (χ4n) is 2.62. The molecular formula is C18H16ClF3N2. The topological polar surface area (TPSA) is 28.7 Å². The summed E-state index contributed by atoms with van der Waals surface area (Å²) in [6.45, 7) is 6.27.